The van der Waals surface area contributed by atoms with Gasteiger partial charge in [0, 0.05) is 36.7 Å². The second-order valence-electron chi connectivity index (χ2n) is 5.53. The van der Waals surface area contributed by atoms with Crippen molar-refractivity contribution in [2.24, 2.45) is 0 Å². The number of nitrogens with one attached hydrogen (secondary N) is 1. The van der Waals surface area contributed by atoms with Crippen molar-refractivity contribution < 1.29 is 4.74 Å². The second kappa shape index (κ2) is 5.26. The van der Waals surface area contributed by atoms with Crippen molar-refractivity contribution >= 4 is 10.9 Å². The van der Waals surface area contributed by atoms with Crippen LogP contribution >= 0.6 is 0 Å². The van der Waals surface area contributed by atoms with Gasteiger partial charge in [-0.3, -0.25) is 0 Å². The highest BCUT2D eigenvalue weighted by molar-refractivity contribution is 5.84. The summed E-state index contributed by atoms with van der Waals surface area (Å²) in [5, 5.41) is 1.27. The number of fused-ring (bicyclic) bond motifs is 1. The number of rotatable bonds is 5. The van der Waals surface area contributed by atoms with Crippen LogP contribution in [0.25, 0.3) is 10.9 Å². The fraction of sp³-hybridized carbons (Fsp3) is 0.222. The van der Waals surface area contributed by atoms with E-state index in [2.05, 4.69) is 28.2 Å². The molecule has 1 aromatic heterocycles. The van der Waals surface area contributed by atoms with E-state index in [1.807, 2.05) is 36.4 Å². The van der Waals surface area contributed by atoms with Gasteiger partial charge in [-0.25, -0.2) is 0 Å². The van der Waals surface area contributed by atoms with Crippen LogP contribution in [-0.4, -0.2) is 29.5 Å². The van der Waals surface area contributed by atoms with Crippen LogP contribution in [0.3, 0.4) is 0 Å². The molecule has 3 heteroatoms. The van der Waals surface area contributed by atoms with Gasteiger partial charge in [0.1, 0.15) is 11.5 Å². The third-order valence-electron chi connectivity index (χ3n) is 3.95. The Balaban J connectivity index is 1.59. The molecule has 0 saturated carbocycles. The Labute approximate surface area is 124 Å². The van der Waals surface area contributed by atoms with Gasteiger partial charge in [-0.05, 0) is 42.3 Å². The number of hydrogen-bond donors (Lipinski definition) is 1. The number of aromatic nitrogens is 1. The first-order chi connectivity index (χ1) is 10.4. The molecule has 2 aromatic carbocycles. The zero-order valence-electron chi connectivity index (χ0n) is 11.9. The molecule has 0 spiro atoms. The van der Waals surface area contributed by atoms with E-state index in [0.717, 1.165) is 24.5 Å². The molecule has 0 amide bonds. The molecule has 3 aromatic rings. The molecule has 0 radical (unpaired) electrons. The Kier molecular flexibility index (Phi) is 3.13. The lowest BCUT2D eigenvalue weighted by Gasteiger charge is -2.06. The standard InChI is InChI=1S/C18H18N2O/c1-2-4-15(5-3-1)21-16-6-7-18-17(12-16)14(13-19-18)8-9-20-10-11-20/h1-7,12-13,19H,8-11H2. The molecule has 0 atom stereocenters. The van der Waals surface area contributed by atoms with Gasteiger partial charge in [0.25, 0.3) is 0 Å². The SMILES string of the molecule is c1ccc(Oc2ccc3[nH]cc(CCN4CC4)c3c2)cc1. The first-order valence-electron chi connectivity index (χ1n) is 7.44. The van der Waals surface area contributed by atoms with E-state index < -0.39 is 0 Å². The highest BCUT2D eigenvalue weighted by Gasteiger charge is 2.17. The maximum atomic E-state index is 5.92. The quantitative estimate of drug-likeness (QED) is 0.719. The molecule has 1 N–H and O–H groups in total. The summed E-state index contributed by atoms with van der Waals surface area (Å²) in [4.78, 5) is 5.80. The van der Waals surface area contributed by atoms with Gasteiger partial charge in [-0.15, -0.1) is 0 Å². The van der Waals surface area contributed by atoms with Gasteiger partial charge >= 0.3 is 0 Å². The van der Waals surface area contributed by atoms with Crippen molar-refractivity contribution in [3.05, 3.63) is 60.3 Å². The lowest BCUT2D eigenvalue weighted by atomic mass is 10.1. The van der Waals surface area contributed by atoms with Crippen molar-refractivity contribution in [3.8, 4) is 11.5 Å². The second-order valence-corrected chi connectivity index (χ2v) is 5.53. The summed E-state index contributed by atoms with van der Waals surface area (Å²) in [5.74, 6) is 1.76. The van der Waals surface area contributed by atoms with Gasteiger partial charge in [0.2, 0.25) is 0 Å². The fourth-order valence-electron chi connectivity index (χ4n) is 2.63. The van der Waals surface area contributed by atoms with E-state index in [1.165, 1.54) is 29.6 Å². The molecule has 106 valence electrons. The predicted molar refractivity (Wildman–Crippen MR) is 85.0 cm³/mol. The normalized spacial score (nSPS) is 14.5. The average molecular weight is 278 g/mol. The largest absolute Gasteiger partial charge is 0.457 e. The van der Waals surface area contributed by atoms with Gasteiger partial charge in [0.15, 0.2) is 0 Å². The van der Waals surface area contributed by atoms with Gasteiger partial charge in [-0.2, -0.15) is 0 Å². The van der Waals surface area contributed by atoms with Gasteiger partial charge < -0.3 is 14.6 Å². The smallest absolute Gasteiger partial charge is 0.128 e. The molecule has 1 saturated heterocycles. The lowest BCUT2D eigenvalue weighted by Crippen LogP contribution is -2.02. The van der Waals surface area contributed by atoms with Crippen molar-refractivity contribution in [1.82, 2.24) is 9.88 Å². The molecular formula is C18H18N2O. The summed E-state index contributed by atoms with van der Waals surface area (Å²) in [6.45, 7) is 3.66. The van der Waals surface area contributed by atoms with E-state index in [4.69, 9.17) is 4.74 Å². The molecule has 4 rings (SSSR count). The van der Waals surface area contributed by atoms with E-state index in [-0.39, 0.29) is 0 Å². The minimum Gasteiger partial charge on any atom is -0.457 e. The Morgan fingerprint density at radius 3 is 2.67 bits per heavy atom. The minimum absolute atomic E-state index is 0.873. The van der Waals surface area contributed by atoms with Crippen molar-refractivity contribution in [3.63, 3.8) is 0 Å². The van der Waals surface area contributed by atoms with Crippen LogP contribution in [0.2, 0.25) is 0 Å². The van der Waals surface area contributed by atoms with Crippen LogP contribution in [0.15, 0.2) is 54.7 Å². The molecule has 0 bridgehead atoms. The molecule has 0 aliphatic carbocycles. The maximum Gasteiger partial charge on any atom is 0.128 e. The maximum absolute atomic E-state index is 5.92. The molecule has 2 heterocycles. The van der Waals surface area contributed by atoms with Crippen molar-refractivity contribution in [2.45, 2.75) is 6.42 Å². The van der Waals surface area contributed by atoms with E-state index in [9.17, 15) is 0 Å². The summed E-state index contributed by atoms with van der Waals surface area (Å²) in [6.07, 6.45) is 3.22. The van der Waals surface area contributed by atoms with Crippen LogP contribution in [0.1, 0.15) is 5.56 Å². The van der Waals surface area contributed by atoms with E-state index in [1.54, 1.807) is 0 Å². The number of H-pyrrole nitrogens is 1. The van der Waals surface area contributed by atoms with Crippen molar-refractivity contribution in [1.29, 1.82) is 0 Å². The molecular weight excluding hydrogens is 260 g/mol. The van der Waals surface area contributed by atoms with Crippen LogP contribution in [0, 0.1) is 0 Å². The molecule has 21 heavy (non-hydrogen) atoms. The monoisotopic (exact) mass is 278 g/mol. The number of para-hydroxylation sites is 1. The van der Waals surface area contributed by atoms with Crippen LogP contribution in [0.5, 0.6) is 11.5 Å². The highest BCUT2D eigenvalue weighted by Crippen LogP contribution is 2.27. The molecule has 1 aliphatic heterocycles. The number of hydrogen-bond acceptors (Lipinski definition) is 2. The van der Waals surface area contributed by atoms with E-state index >= 15 is 0 Å². The number of benzene rings is 2. The van der Waals surface area contributed by atoms with Crippen molar-refractivity contribution in [2.75, 3.05) is 19.6 Å². The fourth-order valence-corrected chi connectivity index (χ4v) is 2.63. The van der Waals surface area contributed by atoms with Crippen LogP contribution in [0.4, 0.5) is 0 Å². The number of ether oxygens (including phenoxy) is 1. The third kappa shape index (κ3) is 2.78. The van der Waals surface area contributed by atoms with Gasteiger partial charge in [-0.1, -0.05) is 18.2 Å². The summed E-state index contributed by atoms with van der Waals surface area (Å²) < 4.78 is 5.92. The minimum atomic E-state index is 0.873. The molecule has 1 fully saturated rings. The highest BCUT2D eigenvalue weighted by atomic mass is 16.5. The zero-order chi connectivity index (χ0) is 14.1. The first-order valence-corrected chi connectivity index (χ1v) is 7.44. The lowest BCUT2D eigenvalue weighted by molar-refractivity contribution is 0.483. The molecule has 0 unspecified atom stereocenters. The Morgan fingerprint density at radius 2 is 1.86 bits per heavy atom. The predicted octanol–water partition coefficient (Wildman–Crippen LogP) is 3.82. The summed E-state index contributed by atoms with van der Waals surface area (Å²) in [7, 11) is 0. The van der Waals surface area contributed by atoms with Gasteiger partial charge in [0.05, 0.1) is 0 Å². The number of nitrogens with zero attached hydrogens (tertiary/aromatic N) is 1. The number of aromatic amines is 1. The zero-order valence-corrected chi connectivity index (χ0v) is 11.9. The Hall–Kier alpha value is -2.26. The Morgan fingerprint density at radius 1 is 1.00 bits per heavy atom. The van der Waals surface area contributed by atoms with Crippen LogP contribution in [-0.2, 0) is 6.42 Å². The topological polar surface area (TPSA) is 28.0 Å². The summed E-state index contributed by atoms with van der Waals surface area (Å²) in [6, 6.07) is 16.2. The molecule has 1 aliphatic rings. The van der Waals surface area contributed by atoms with Crippen LogP contribution < -0.4 is 4.74 Å². The first kappa shape index (κ1) is 12.5. The molecule has 3 nitrogen and oxygen atoms in total. The summed E-state index contributed by atoms with van der Waals surface area (Å²) >= 11 is 0. The summed E-state index contributed by atoms with van der Waals surface area (Å²) in [5.41, 5.74) is 2.55. The third-order valence-corrected chi connectivity index (χ3v) is 3.95. The average Bonchev–Trinajstić information content (AvgIpc) is 3.26. The Bertz CT molecular complexity index is 744. The van der Waals surface area contributed by atoms with E-state index in [0.29, 0.717) is 0 Å².